The summed E-state index contributed by atoms with van der Waals surface area (Å²) in [5.41, 5.74) is 0.679. The van der Waals surface area contributed by atoms with E-state index < -0.39 is 0 Å². The molecule has 1 fully saturated rings. The van der Waals surface area contributed by atoms with E-state index in [2.05, 4.69) is 0 Å². The van der Waals surface area contributed by atoms with Gasteiger partial charge in [0.1, 0.15) is 5.82 Å². The quantitative estimate of drug-likeness (QED) is 0.740. The zero-order valence-electron chi connectivity index (χ0n) is 10.0. The maximum absolute atomic E-state index is 13.0. The summed E-state index contributed by atoms with van der Waals surface area (Å²) in [4.78, 5) is 25.9. The third kappa shape index (κ3) is 3.06. The fraction of sp³-hybridized carbons (Fsp3) is 0.385. The summed E-state index contributed by atoms with van der Waals surface area (Å²) < 4.78 is 13.0. The third-order valence-corrected chi connectivity index (χ3v) is 3.06. The molecule has 0 atom stereocenters. The Morgan fingerprint density at radius 2 is 2.00 bits per heavy atom. The molecular formula is C13H15FN2O2. The Morgan fingerprint density at radius 1 is 1.28 bits per heavy atom. The van der Waals surface area contributed by atoms with Crippen molar-refractivity contribution in [3.8, 4) is 0 Å². The second-order valence-electron chi connectivity index (χ2n) is 4.33. The first-order valence-electron chi connectivity index (χ1n) is 5.90. The van der Waals surface area contributed by atoms with Crippen molar-refractivity contribution in [2.45, 2.75) is 6.42 Å². The molecule has 1 aliphatic rings. The first kappa shape index (κ1) is 12.5. The van der Waals surface area contributed by atoms with E-state index in [4.69, 9.17) is 0 Å². The minimum absolute atomic E-state index is 0.0221. The van der Waals surface area contributed by atoms with Crippen LogP contribution in [0.2, 0.25) is 0 Å². The lowest BCUT2D eigenvalue weighted by Crippen LogP contribution is -2.48. The Morgan fingerprint density at radius 3 is 2.61 bits per heavy atom. The molecule has 0 radical (unpaired) electrons. The van der Waals surface area contributed by atoms with E-state index in [9.17, 15) is 14.0 Å². The summed E-state index contributed by atoms with van der Waals surface area (Å²) in [7, 11) is 0. The average Bonchev–Trinajstić information content (AvgIpc) is 2.39. The normalized spacial score (nSPS) is 15.6. The molecule has 1 aromatic carbocycles. The van der Waals surface area contributed by atoms with E-state index in [0.717, 1.165) is 6.41 Å². The van der Waals surface area contributed by atoms with Crippen molar-refractivity contribution in [3.05, 3.63) is 35.6 Å². The van der Waals surface area contributed by atoms with Gasteiger partial charge >= 0.3 is 0 Å². The van der Waals surface area contributed by atoms with E-state index in [1.807, 2.05) is 0 Å². The SMILES string of the molecule is O=CN1CCN(C(=O)Cc2cccc(F)c2)CC1. The van der Waals surface area contributed by atoms with Gasteiger partial charge in [-0.2, -0.15) is 0 Å². The summed E-state index contributed by atoms with van der Waals surface area (Å²) in [6.07, 6.45) is 1.01. The molecule has 0 bridgehead atoms. The first-order valence-corrected chi connectivity index (χ1v) is 5.90. The van der Waals surface area contributed by atoms with Crippen LogP contribution in [0.5, 0.6) is 0 Å². The van der Waals surface area contributed by atoms with Gasteiger partial charge in [0.2, 0.25) is 12.3 Å². The van der Waals surface area contributed by atoms with Gasteiger partial charge in [0, 0.05) is 26.2 Å². The molecule has 1 aliphatic heterocycles. The van der Waals surface area contributed by atoms with E-state index in [1.165, 1.54) is 12.1 Å². The molecule has 2 amide bonds. The van der Waals surface area contributed by atoms with Crippen LogP contribution in [0, 0.1) is 5.82 Å². The summed E-state index contributed by atoms with van der Waals surface area (Å²) in [5.74, 6) is -0.350. The lowest BCUT2D eigenvalue weighted by Gasteiger charge is -2.32. The van der Waals surface area contributed by atoms with Gasteiger partial charge in [0.25, 0.3) is 0 Å². The minimum Gasteiger partial charge on any atom is -0.342 e. The fourth-order valence-corrected chi connectivity index (χ4v) is 2.01. The van der Waals surface area contributed by atoms with E-state index in [-0.39, 0.29) is 18.1 Å². The molecule has 96 valence electrons. The second kappa shape index (κ2) is 5.62. The van der Waals surface area contributed by atoms with Gasteiger partial charge in [-0.15, -0.1) is 0 Å². The average molecular weight is 250 g/mol. The van der Waals surface area contributed by atoms with E-state index >= 15 is 0 Å². The molecule has 0 spiro atoms. The monoisotopic (exact) mass is 250 g/mol. The lowest BCUT2D eigenvalue weighted by atomic mass is 10.1. The standard InChI is InChI=1S/C13H15FN2O2/c14-12-3-1-2-11(8-12)9-13(18)16-6-4-15(10-17)5-7-16/h1-3,8,10H,4-7,9H2. The molecule has 0 saturated carbocycles. The summed E-state index contributed by atoms with van der Waals surface area (Å²) in [5, 5.41) is 0. The third-order valence-electron chi connectivity index (χ3n) is 3.06. The topological polar surface area (TPSA) is 40.6 Å². The highest BCUT2D eigenvalue weighted by molar-refractivity contribution is 5.79. The van der Waals surface area contributed by atoms with Gasteiger partial charge in [-0.25, -0.2) is 4.39 Å². The van der Waals surface area contributed by atoms with Crippen molar-refractivity contribution in [2.75, 3.05) is 26.2 Å². The van der Waals surface area contributed by atoms with Crippen molar-refractivity contribution >= 4 is 12.3 Å². The predicted molar refractivity (Wildman–Crippen MR) is 64.3 cm³/mol. The Hall–Kier alpha value is -1.91. The van der Waals surface area contributed by atoms with E-state index in [1.54, 1.807) is 21.9 Å². The molecular weight excluding hydrogens is 235 g/mol. The summed E-state index contributed by atoms with van der Waals surface area (Å²) >= 11 is 0. The number of halogens is 1. The molecule has 18 heavy (non-hydrogen) atoms. The van der Waals surface area contributed by atoms with Crippen molar-refractivity contribution in [3.63, 3.8) is 0 Å². The Kier molecular flexibility index (Phi) is 3.92. The second-order valence-corrected chi connectivity index (χ2v) is 4.33. The molecule has 4 nitrogen and oxygen atoms in total. The molecule has 0 aliphatic carbocycles. The van der Waals surface area contributed by atoms with Crippen LogP contribution < -0.4 is 0 Å². The molecule has 0 N–H and O–H groups in total. The Balaban J connectivity index is 1.91. The fourth-order valence-electron chi connectivity index (χ4n) is 2.01. The first-order chi connectivity index (χ1) is 8.69. The van der Waals surface area contributed by atoms with Crippen LogP contribution in [0.15, 0.2) is 24.3 Å². The zero-order chi connectivity index (χ0) is 13.0. The molecule has 1 aromatic rings. The number of amides is 2. The number of hydrogen-bond acceptors (Lipinski definition) is 2. The molecule has 2 rings (SSSR count). The number of rotatable bonds is 3. The van der Waals surface area contributed by atoms with Gasteiger partial charge in [-0.1, -0.05) is 12.1 Å². The highest BCUT2D eigenvalue weighted by atomic mass is 19.1. The van der Waals surface area contributed by atoms with Crippen LogP contribution in [-0.4, -0.2) is 48.3 Å². The molecule has 1 saturated heterocycles. The number of nitrogens with zero attached hydrogens (tertiary/aromatic N) is 2. The largest absolute Gasteiger partial charge is 0.342 e. The number of piperazine rings is 1. The van der Waals surface area contributed by atoms with Crippen LogP contribution in [-0.2, 0) is 16.0 Å². The Labute approximate surface area is 105 Å². The van der Waals surface area contributed by atoms with Crippen LogP contribution in [0.4, 0.5) is 4.39 Å². The van der Waals surface area contributed by atoms with Crippen molar-refractivity contribution in [2.24, 2.45) is 0 Å². The maximum Gasteiger partial charge on any atom is 0.227 e. The van der Waals surface area contributed by atoms with Crippen LogP contribution in [0.25, 0.3) is 0 Å². The molecule has 0 aromatic heterocycles. The lowest BCUT2D eigenvalue weighted by molar-refractivity contribution is -0.134. The van der Waals surface area contributed by atoms with Crippen LogP contribution >= 0.6 is 0 Å². The van der Waals surface area contributed by atoms with Gasteiger partial charge in [0.05, 0.1) is 6.42 Å². The van der Waals surface area contributed by atoms with Gasteiger partial charge in [-0.3, -0.25) is 9.59 Å². The van der Waals surface area contributed by atoms with Crippen LogP contribution in [0.3, 0.4) is 0 Å². The number of benzene rings is 1. The molecule has 5 heteroatoms. The Bertz CT molecular complexity index is 442. The summed E-state index contributed by atoms with van der Waals surface area (Å²) in [6.45, 7) is 2.23. The number of carbonyl (C=O) groups excluding carboxylic acids is 2. The smallest absolute Gasteiger partial charge is 0.227 e. The number of hydrogen-bond donors (Lipinski definition) is 0. The van der Waals surface area contributed by atoms with E-state index in [0.29, 0.717) is 31.7 Å². The molecule has 0 unspecified atom stereocenters. The zero-order valence-corrected chi connectivity index (χ0v) is 10.0. The number of carbonyl (C=O) groups is 2. The minimum atomic E-state index is -0.328. The van der Waals surface area contributed by atoms with Gasteiger partial charge in [-0.05, 0) is 17.7 Å². The summed E-state index contributed by atoms with van der Waals surface area (Å²) in [6, 6.07) is 6.07. The van der Waals surface area contributed by atoms with Crippen molar-refractivity contribution < 1.29 is 14.0 Å². The highest BCUT2D eigenvalue weighted by Gasteiger charge is 2.20. The van der Waals surface area contributed by atoms with Crippen molar-refractivity contribution in [1.29, 1.82) is 0 Å². The van der Waals surface area contributed by atoms with Crippen LogP contribution in [0.1, 0.15) is 5.56 Å². The predicted octanol–water partition coefficient (Wildman–Crippen LogP) is 0.669. The molecule has 1 heterocycles. The highest BCUT2D eigenvalue weighted by Crippen LogP contribution is 2.08. The van der Waals surface area contributed by atoms with Gasteiger partial charge in [0.15, 0.2) is 0 Å². The maximum atomic E-state index is 13.0. The van der Waals surface area contributed by atoms with Gasteiger partial charge < -0.3 is 9.80 Å². The van der Waals surface area contributed by atoms with Crippen molar-refractivity contribution in [1.82, 2.24) is 9.80 Å².